The molecule has 1 aliphatic rings. The molecule has 558 valence electrons. The Morgan fingerprint density at radius 3 is 1.45 bits per heavy atom. The summed E-state index contributed by atoms with van der Waals surface area (Å²) in [4.78, 5) is 51.5. The molecule has 9 rings (SSSR count). The molecule has 1 aromatic carbocycles. The van der Waals surface area contributed by atoms with E-state index in [1.54, 1.807) is 87.5 Å². The van der Waals surface area contributed by atoms with E-state index in [4.69, 9.17) is 5.26 Å². The molecule has 0 unspecified atom stereocenters. The van der Waals surface area contributed by atoms with Gasteiger partial charge in [-0.1, -0.05) is 237 Å². The van der Waals surface area contributed by atoms with Crippen LogP contribution in [0.25, 0.3) is 36.5 Å². The number of nitro benzene ring substituents is 1. The van der Waals surface area contributed by atoms with Crippen molar-refractivity contribution >= 4 is 42.1 Å². The molecule has 0 N–H and O–H groups in total. The van der Waals surface area contributed by atoms with Crippen LogP contribution >= 0.6 is 0 Å². The zero-order valence-electron chi connectivity index (χ0n) is 67.3. The number of nitriles is 1. The molecule has 0 aliphatic heterocycles. The highest BCUT2D eigenvalue weighted by atomic mass is 19.1. The van der Waals surface area contributed by atoms with Crippen LogP contribution in [0.5, 0.6) is 0 Å². The highest BCUT2D eigenvalue weighted by Gasteiger charge is 2.52. The van der Waals surface area contributed by atoms with E-state index < -0.39 is 16.4 Å². The fraction of sp³-hybridized carbons (Fsp3) is 0.420. The highest BCUT2D eigenvalue weighted by molar-refractivity contribution is 5.49. The van der Waals surface area contributed by atoms with Crippen molar-refractivity contribution in [1.29, 1.82) is 5.26 Å². The molecule has 16 heteroatoms. The predicted octanol–water partition coefficient (Wildman–Crippen LogP) is 23.9. The molecule has 0 radical (unpaired) electrons. The van der Waals surface area contributed by atoms with E-state index in [-0.39, 0.29) is 61.0 Å². The zero-order valence-corrected chi connectivity index (χ0v) is 67.3. The first kappa shape index (κ1) is 92.3. The molecule has 0 atom stereocenters. The molecular formula is C88H120F2N12O2. The Balaban J connectivity index is 0.000000586. The number of halogens is 2. The normalized spacial score (nSPS) is 12.1. The average molecular weight is 1420 g/mol. The van der Waals surface area contributed by atoms with E-state index >= 15 is 0 Å². The summed E-state index contributed by atoms with van der Waals surface area (Å²) in [6, 6.07) is 28.0. The number of rotatable bonds is 9. The summed E-state index contributed by atoms with van der Waals surface area (Å²) in [6.07, 6.45) is 24.5. The minimum atomic E-state index is -0.720. The van der Waals surface area contributed by atoms with Gasteiger partial charge in [0.1, 0.15) is 18.0 Å². The van der Waals surface area contributed by atoms with Crippen LogP contribution in [-0.2, 0) is 32.5 Å². The van der Waals surface area contributed by atoms with Gasteiger partial charge in [-0.15, -0.1) is 0 Å². The summed E-state index contributed by atoms with van der Waals surface area (Å²) in [5.41, 5.74) is 11.9. The van der Waals surface area contributed by atoms with Crippen molar-refractivity contribution in [3.63, 3.8) is 0 Å². The standard InChI is InChI=1S/3C11H15N.3C10H14N2.C9H10FNO2.C8H10FN.C8H13N/c1-5-10-8-9(6-7-12-10)11(2,3)4;1-5-10-9(11(2,3)4)7-6-8-12-10;1-5-9-7-6-8-10(12-9)11(2,3)4;1-5-8-6-9(10(2,3)4)12-7-11-8;1-5-9-11-7-6-8(12-9)10(2,3)4;1-5-8-6-7-11-9(12-8)10(2,3)4;1-6(2)7-4-3-5-8(9(7)10)11(12)13;1-6(2)7-5-10-4-3-8(7)9;1-7(2,3)8(6-9)4-5-8/h3*5-8H,1H2,2-4H3;3*5-7H,1H2,2-4H3;3-6H,1-2H3;3-6H,1-2H3;4-5H2,1-3H3. The van der Waals surface area contributed by atoms with Crippen molar-refractivity contribution in [3.05, 3.63) is 269 Å². The number of hydrogen-bond acceptors (Lipinski definition) is 13. The highest BCUT2D eigenvalue weighted by Crippen LogP contribution is 2.57. The van der Waals surface area contributed by atoms with Gasteiger partial charge in [-0.25, -0.2) is 34.3 Å². The van der Waals surface area contributed by atoms with Gasteiger partial charge < -0.3 is 0 Å². The average Bonchev–Trinajstić information content (AvgIpc) is 1.62. The van der Waals surface area contributed by atoms with Gasteiger partial charge in [0.15, 0.2) is 5.82 Å². The minimum Gasteiger partial charge on any atom is -0.264 e. The largest absolute Gasteiger partial charge is 0.305 e. The number of nitrogens with zero attached hydrogens (tertiary/aromatic N) is 12. The van der Waals surface area contributed by atoms with Crippen molar-refractivity contribution in [3.8, 4) is 6.07 Å². The molecule has 7 heterocycles. The number of hydrogen-bond donors (Lipinski definition) is 0. The van der Waals surface area contributed by atoms with Gasteiger partial charge in [0, 0.05) is 87.6 Å². The Kier molecular flexibility index (Phi) is 36.8. The van der Waals surface area contributed by atoms with Gasteiger partial charge >= 0.3 is 5.69 Å². The Labute approximate surface area is 624 Å². The molecule has 8 aromatic rings. The van der Waals surface area contributed by atoms with Gasteiger partial charge in [0.2, 0.25) is 5.82 Å². The summed E-state index contributed by atoms with van der Waals surface area (Å²) in [5.74, 6) is 0.850. The van der Waals surface area contributed by atoms with Gasteiger partial charge in [0.25, 0.3) is 0 Å². The number of aromatic nitrogens is 10. The van der Waals surface area contributed by atoms with E-state index in [9.17, 15) is 18.9 Å². The molecule has 104 heavy (non-hydrogen) atoms. The SMILES string of the molecule is C=Cc1cc(C(C)(C)C)ccn1.C=Cc1cc(C(C)(C)C)ncn1.C=Cc1cccc(C(C)(C)C)n1.C=Cc1ccnc(C(C)(C)C)n1.C=Cc1nccc(C(C)(C)C)n1.C=Cc1ncccc1C(C)(C)C.CC(C)(C)C1(C#N)CC1.CC(C)c1cccc([N+](=O)[O-])c1F.CC(C)c1cnccc1F. The monoisotopic (exact) mass is 1410 g/mol. The lowest BCUT2D eigenvalue weighted by Gasteiger charge is -2.23. The van der Waals surface area contributed by atoms with Crippen molar-refractivity contribution < 1.29 is 13.7 Å². The molecule has 0 saturated heterocycles. The summed E-state index contributed by atoms with van der Waals surface area (Å²) >= 11 is 0. The van der Waals surface area contributed by atoms with Gasteiger partial charge in [-0.3, -0.25) is 30.1 Å². The van der Waals surface area contributed by atoms with Crippen LogP contribution in [0.15, 0.2) is 168 Å². The van der Waals surface area contributed by atoms with Gasteiger partial charge in [-0.05, 0) is 149 Å². The molecular weight excluding hydrogens is 1300 g/mol. The lowest BCUT2D eigenvalue weighted by molar-refractivity contribution is -0.387. The summed E-state index contributed by atoms with van der Waals surface area (Å²) < 4.78 is 26.1. The van der Waals surface area contributed by atoms with Gasteiger partial charge in [-0.2, -0.15) is 9.65 Å². The topological polar surface area (TPSA) is 196 Å². The Bertz CT molecular complexity index is 3720. The summed E-state index contributed by atoms with van der Waals surface area (Å²) in [5, 5.41) is 19.1. The molecule has 0 bridgehead atoms. The van der Waals surface area contributed by atoms with E-state index in [0.29, 0.717) is 17.0 Å². The van der Waals surface area contributed by atoms with Crippen LogP contribution in [-0.4, -0.2) is 54.8 Å². The van der Waals surface area contributed by atoms with Crippen LogP contribution in [0.2, 0.25) is 0 Å². The molecule has 0 spiro atoms. The molecule has 1 aliphatic carbocycles. The third-order valence-corrected chi connectivity index (χ3v) is 15.9. The van der Waals surface area contributed by atoms with Crippen molar-refractivity contribution in [2.75, 3.05) is 0 Å². The van der Waals surface area contributed by atoms with Crippen molar-refractivity contribution in [1.82, 2.24) is 49.8 Å². The van der Waals surface area contributed by atoms with E-state index in [2.05, 4.69) is 253 Å². The number of nitro groups is 1. The van der Waals surface area contributed by atoms with E-state index in [0.717, 1.165) is 64.2 Å². The molecule has 14 nitrogen and oxygen atoms in total. The Morgan fingerprint density at radius 1 is 0.490 bits per heavy atom. The van der Waals surface area contributed by atoms with E-state index in [1.165, 1.54) is 35.5 Å². The van der Waals surface area contributed by atoms with Gasteiger partial charge in [0.05, 0.1) is 44.9 Å². The maximum atomic E-state index is 13.3. The third kappa shape index (κ3) is 32.7. The first-order valence-electron chi connectivity index (χ1n) is 35.1. The lowest BCUT2D eigenvalue weighted by atomic mass is 9.79. The summed E-state index contributed by atoms with van der Waals surface area (Å²) in [7, 11) is 0. The molecule has 1 saturated carbocycles. The van der Waals surface area contributed by atoms with Crippen LogP contribution in [0.3, 0.4) is 0 Å². The second-order valence-corrected chi connectivity index (χ2v) is 32.6. The second-order valence-electron chi connectivity index (χ2n) is 32.6. The summed E-state index contributed by atoms with van der Waals surface area (Å²) in [6.45, 7) is 74.6. The first-order valence-corrected chi connectivity index (χ1v) is 35.1. The fourth-order valence-corrected chi connectivity index (χ4v) is 8.95. The number of pyridine rings is 4. The Hall–Kier alpha value is -9.75. The quantitative estimate of drug-likeness (QED) is 0.0979. The third-order valence-electron chi connectivity index (χ3n) is 15.9. The number of benzene rings is 1. The fourth-order valence-electron chi connectivity index (χ4n) is 8.95. The van der Waals surface area contributed by atoms with E-state index in [1.807, 2.05) is 68.6 Å². The van der Waals surface area contributed by atoms with Crippen LogP contribution in [0.4, 0.5) is 14.5 Å². The first-order chi connectivity index (χ1) is 48.0. The lowest BCUT2D eigenvalue weighted by Crippen LogP contribution is -2.19. The smallest absolute Gasteiger partial charge is 0.264 e. The minimum absolute atomic E-state index is 0.0129. The maximum Gasteiger partial charge on any atom is 0.305 e. The maximum absolute atomic E-state index is 13.3. The van der Waals surface area contributed by atoms with Crippen LogP contribution in [0.1, 0.15) is 277 Å². The predicted molar refractivity (Wildman–Crippen MR) is 434 cm³/mol. The molecule has 7 aromatic heterocycles. The Morgan fingerprint density at radius 2 is 1.02 bits per heavy atom. The molecule has 0 amide bonds. The second kappa shape index (κ2) is 41.5. The zero-order chi connectivity index (χ0) is 79.8. The van der Waals surface area contributed by atoms with Crippen LogP contribution in [0, 0.1) is 43.9 Å². The van der Waals surface area contributed by atoms with Crippen LogP contribution < -0.4 is 0 Å². The van der Waals surface area contributed by atoms with Crippen molar-refractivity contribution in [2.24, 2.45) is 10.8 Å². The van der Waals surface area contributed by atoms with Crippen molar-refractivity contribution in [2.45, 2.75) is 230 Å². The molecule has 1 fully saturated rings.